The van der Waals surface area contributed by atoms with Crippen LogP contribution in [-0.4, -0.2) is 24.1 Å². The van der Waals surface area contributed by atoms with E-state index in [1.807, 2.05) is 12.1 Å². The molecule has 0 atom stereocenters. The Balaban J connectivity index is 2.39. The number of aliphatic hydroxyl groups is 1. The standard InChI is InChI=1S/C12H16N2O2/c13-12(16)10-7-9(8-15)3-4-11(10)14-5-1-2-6-14/h3-4,7,15H,1-2,5-6,8H2,(H2,13,16). The molecule has 1 aromatic carbocycles. The molecule has 86 valence electrons. The number of anilines is 1. The average molecular weight is 220 g/mol. The summed E-state index contributed by atoms with van der Waals surface area (Å²) in [5, 5.41) is 9.03. The largest absolute Gasteiger partial charge is 0.392 e. The summed E-state index contributed by atoms with van der Waals surface area (Å²) < 4.78 is 0. The number of carbonyl (C=O) groups excluding carboxylic acids is 1. The van der Waals surface area contributed by atoms with Gasteiger partial charge in [0.15, 0.2) is 0 Å². The maximum Gasteiger partial charge on any atom is 0.250 e. The number of aliphatic hydroxyl groups excluding tert-OH is 1. The van der Waals surface area contributed by atoms with Crippen molar-refractivity contribution in [2.24, 2.45) is 5.73 Å². The Morgan fingerprint density at radius 1 is 1.38 bits per heavy atom. The molecular formula is C12H16N2O2. The number of nitrogens with zero attached hydrogens (tertiary/aromatic N) is 1. The van der Waals surface area contributed by atoms with Crippen molar-refractivity contribution in [1.29, 1.82) is 0 Å². The maximum absolute atomic E-state index is 11.4. The number of nitrogens with two attached hydrogens (primary N) is 1. The van der Waals surface area contributed by atoms with Gasteiger partial charge < -0.3 is 15.7 Å². The summed E-state index contributed by atoms with van der Waals surface area (Å²) in [7, 11) is 0. The normalized spacial score (nSPS) is 15.4. The molecule has 1 heterocycles. The predicted octanol–water partition coefficient (Wildman–Crippen LogP) is 0.878. The van der Waals surface area contributed by atoms with Crippen LogP contribution < -0.4 is 10.6 Å². The minimum Gasteiger partial charge on any atom is -0.392 e. The molecule has 1 aromatic rings. The Kier molecular flexibility index (Phi) is 3.10. The minimum absolute atomic E-state index is 0.0689. The van der Waals surface area contributed by atoms with Crippen LogP contribution in [-0.2, 0) is 6.61 Å². The summed E-state index contributed by atoms with van der Waals surface area (Å²) in [6.45, 7) is 1.87. The van der Waals surface area contributed by atoms with Gasteiger partial charge in [-0.2, -0.15) is 0 Å². The molecule has 2 rings (SSSR count). The molecule has 0 spiro atoms. The third-order valence-corrected chi connectivity index (χ3v) is 2.96. The lowest BCUT2D eigenvalue weighted by Crippen LogP contribution is -2.23. The highest BCUT2D eigenvalue weighted by molar-refractivity contribution is 5.99. The van der Waals surface area contributed by atoms with Crippen molar-refractivity contribution in [2.45, 2.75) is 19.4 Å². The second kappa shape index (κ2) is 4.53. The molecule has 0 unspecified atom stereocenters. The quantitative estimate of drug-likeness (QED) is 0.794. The average Bonchev–Trinajstić information content (AvgIpc) is 2.81. The van der Waals surface area contributed by atoms with Crippen LogP contribution in [0.5, 0.6) is 0 Å². The lowest BCUT2D eigenvalue weighted by Gasteiger charge is -2.20. The van der Waals surface area contributed by atoms with Gasteiger partial charge in [-0.15, -0.1) is 0 Å². The van der Waals surface area contributed by atoms with Crippen molar-refractivity contribution in [3.8, 4) is 0 Å². The number of rotatable bonds is 3. The summed E-state index contributed by atoms with van der Waals surface area (Å²) in [5.41, 5.74) is 7.48. The first-order valence-corrected chi connectivity index (χ1v) is 5.51. The predicted molar refractivity (Wildman–Crippen MR) is 62.3 cm³/mol. The second-order valence-corrected chi connectivity index (χ2v) is 4.07. The topological polar surface area (TPSA) is 66.6 Å². The van der Waals surface area contributed by atoms with Crippen LogP contribution in [0.15, 0.2) is 18.2 Å². The van der Waals surface area contributed by atoms with E-state index in [0.717, 1.165) is 37.2 Å². The van der Waals surface area contributed by atoms with E-state index < -0.39 is 5.91 Å². The van der Waals surface area contributed by atoms with Crippen LogP contribution in [0.3, 0.4) is 0 Å². The van der Waals surface area contributed by atoms with Gasteiger partial charge in [0.05, 0.1) is 12.2 Å². The Morgan fingerprint density at radius 2 is 2.06 bits per heavy atom. The SMILES string of the molecule is NC(=O)c1cc(CO)ccc1N1CCCC1. The minimum atomic E-state index is -0.433. The van der Waals surface area contributed by atoms with Gasteiger partial charge in [0, 0.05) is 18.8 Å². The van der Waals surface area contributed by atoms with Crippen LogP contribution in [0, 0.1) is 0 Å². The van der Waals surface area contributed by atoms with Gasteiger partial charge in [-0.05, 0) is 30.5 Å². The lowest BCUT2D eigenvalue weighted by molar-refractivity contribution is 0.100. The summed E-state index contributed by atoms with van der Waals surface area (Å²) in [6.07, 6.45) is 2.31. The van der Waals surface area contributed by atoms with Gasteiger partial charge in [-0.3, -0.25) is 4.79 Å². The van der Waals surface area contributed by atoms with E-state index in [9.17, 15) is 4.79 Å². The van der Waals surface area contributed by atoms with Gasteiger partial charge in [-0.1, -0.05) is 6.07 Å². The molecule has 4 heteroatoms. The zero-order valence-corrected chi connectivity index (χ0v) is 9.15. The van der Waals surface area contributed by atoms with Gasteiger partial charge in [0.2, 0.25) is 0 Å². The molecule has 3 N–H and O–H groups in total. The molecule has 0 bridgehead atoms. The van der Waals surface area contributed by atoms with Crippen LogP contribution in [0.2, 0.25) is 0 Å². The summed E-state index contributed by atoms with van der Waals surface area (Å²) >= 11 is 0. The molecule has 1 aliphatic heterocycles. The van der Waals surface area contributed by atoms with Crippen molar-refractivity contribution in [3.05, 3.63) is 29.3 Å². The number of hydrogen-bond acceptors (Lipinski definition) is 3. The van der Waals surface area contributed by atoms with Crippen LogP contribution in [0.1, 0.15) is 28.8 Å². The van der Waals surface area contributed by atoms with Crippen molar-refractivity contribution < 1.29 is 9.90 Å². The van der Waals surface area contributed by atoms with E-state index in [1.54, 1.807) is 6.07 Å². The monoisotopic (exact) mass is 220 g/mol. The van der Waals surface area contributed by atoms with Gasteiger partial charge in [0.25, 0.3) is 5.91 Å². The molecule has 0 radical (unpaired) electrons. The third-order valence-electron chi connectivity index (χ3n) is 2.96. The molecule has 4 nitrogen and oxygen atoms in total. The van der Waals surface area contributed by atoms with E-state index in [2.05, 4.69) is 4.90 Å². The fourth-order valence-corrected chi connectivity index (χ4v) is 2.11. The van der Waals surface area contributed by atoms with E-state index in [-0.39, 0.29) is 6.61 Å². The van der Waals surface area contributed by atoms with Gasteiger partial charge in [0.1, 0.15) is 0 Å². The Labute approximate surface area is 94.7 Å². The first-order chi connectivity index (χ1) is 7.72. The summed E-state index contributed by atoms with van der Waals surface area (Å²) in [6, 6.07) is 5.38. The Hall–Kier alpha value is -1.55. The molecule has 0 saturated carbocycles. The molecule has 1 amide bonds. The summed E-state index contributed by atoms with van der Waals surface area (Å²) in [4.78, 5) is 13.5. The first kappa shape index (κ1) is 11.0. The highest BCUT2D eigenvalue weighted by atomic mass is 16.3. The Morgan fingerprint density at radius 3 is 2.62 bits per heavy atom. The van der Waals surface area contributed by atoms with Crippen molar-refractivity contribution in [3.63, 3.8) is 0 Å². The maximum atomic E-state index is 11.4. The lowest BCUT2D eigenvalue weighted by atomic mass is 10.1. The molecule has 1 fully saturated rings. The van der Waals surface area contributed by atoms with Crippen LogP contribution in [0.25, 0.3) is 0 Å². The highest BCUT2D eigenvalue weighted by Gasteiger charge is 2.18. The molecular weight excluding hydrogens is 204 g/mol. The number of amides is 1. The van der Waals surface area contributed by atoms with E-state index >= 15 is 0 Å². The van der Waals surface area contributed by atoms with Crippen LogP contribution in [0.4, 0.5) is 5.69 Å². The molecule has 1 saturated heterocycles. The molecule has 0 aliphatic carbocycles. The first-order valence-electron chi connectivity index (χ1n) is 5.51. The van der Waals surface area contributed by atoms with E-state index in [1.165, 1.54) is 0 Å². The molecule has 0 aromatic heterocycles. The fourth-order valence-electron chi connectivity index (χ4n) is 2.11. The van der Waals surface area contributed by atoms with Crippen LogP contribution >= 0.6 is 0 Å². The molecule has 1 aliphatic rings. The highest BCUT2D eigenvalue weighted by Crippen LogP contribution is 2.25. The van der Waals surface area contributed by atoms with E-state index in [0.29, 0.717) is 5.56 Å². The molecule has 16 heavy (non-hydrogen) atoms. The number of primary amides is 1. The number of carbonyl (C=O) groups is 1. The fraction of sp³-hybridized carbons (Fsp3) is 0.417. The number of hydrogen-bond donors (Lipinski definition) is 2. The van der Waals surface area contributed by atoms with Gasteiger partial charge >= 0.3 is 0 Å². The number of benzene rings is 1. The van der Waals surface area contributed by atoms with Crippen molar-refractivity contribution in [1.82, 2.24) is 0 Å². The summed E-state index contributed by atoms with van der Waals surface area (Å²) in [5.74, 6) is -0.433. The Bertz CT molecular complexity index is 398. The smallest absolute Gasteiger partial charge is 0.250 e. The van der Waals surface area contributed by atoms with E-state index in [4.69, 9.17) is 10.8 Å². The second-order valence-electron chi connectivity index (χ2n) is 4.07. The van der Waals surface area contributed by atoms with Gasteiger partial charge in [-0.25, -0.2) is 0 Å². The third kappa shape index (κ3) is 2.02. The van der Waals surface area contributed by atoms with Crippen molar-refractivity contribution >= 4 is 11.6 Å². The zero-order chi connectivity index (χ0) is 11.5. The van der Waals surface area contributed by atoms with Crippen molar-refractivity contribution in [2.75, 3.05) is 18.0 Å². The zero-order valence-electron chi connectivity index (χ0n) is 9.15.